The fraction of sp³-hybridized carbons (Fsp3) is 0.261. The van der Waals surface area contributed by atoms with Crippen molar-refractivity contribution in [3.05, 3.63) is 77.1 Å². The highest BCUT2D eigenvalue weighted by molar-refractivity contribution is 6.05. The van der Waals surface area contributed by atoms with Crippen LogP contribution in [0.1, 0.15) is 27.2 Å². The van der Waals surface area contributed by atoms with Crippen molar-refractivity contribution < 1.29 is 14.4 Å². The van der Waals surface area contributed by atoms with Gasteiger partial charge >= 0.3 is 0 Å². The molecule has 4 rings (SSSR count). The summed E-state index contributed by atoms with van der Waals surface area (Å²) in [5.41, 5.74) is 4.08. The Kier molecular flexibility index (Phi) is 5.62. The summed E-state index contributed by atoms with van der Waals surface area (Å²) >= 11 is 0. The topological polar surface area (TPSA) is 88.4 Å². The third-order valence-corrected chi connectivity index (χ3v) is 5.19. The van der Waals surface area contributed by atoms with Crippen LogP contribution in [0.15, 0.2) is 54.7 Å². The van der Waals surface area contributed by atoms with Crippen LogP contribution in [0.4, 0.5) is 0 Å². The van der Waals surface area contributed by atoms with Crippen molar-refractivity contribution in [2.24, 2.45) is 0 Å². The van der Waals surface area contributed by atoms with Gasteiger partial charge in [-0.3, -0.25) is 19.3 Å². The second-order valence-electron chi connectivity index (χ2n) is 7.73. The zero-order valence-electron chi connectivity index (χ0n) is 17.5. The zero-order valence-corrected chi connectivity index (χ0v) is 17.5. The standard InChI is InChI=1S/C23H23N5O3/c1-16-10-17(2)12-19(11-16)28-13-20(24-25-28)23(31)26-14-21(29)27(22(30)15-26)9-8-18-6-4-3-5-7-18/h3-7,10-13H,8-9,14-15H2,1-2H3. The third kappa shape index (κ3) is 4.53. The molecule has 0 N–H and O–H groups in total. The maximum atomic E-state index is 12.8. The van der Waals surface area contributed by atoms with Gasteiger partial charge in [-0.2, -0.15) is 0 Å². The van der Waals surface area contributed by atoms with Gasteiger partial charge in [0.15, 0.2) is 5.69 Å². The Hall–Kier alpha value is -3.81. The average molecular weight is 417 g/mol. The number of hydrogen-bond donors (Lipinski definition) is 0. The molecule has 0 spiro atoms. The summed E-state index contributed by atoms with van der Waals surface area (Å²) in [4.78, 5) is 40.4. The first-order valence-corrected chi connectivity index (χ1v) is 10.1. The van der Waals surface area contributed by atoms with E-state index in [2.05, 4.69) is 10.3 Å². The van der Waals surface area contributed by atoms with Gasteiger partial charge in [-0.05, 0) is 49.1 Å². The fourth-order valence-electron chi connectivity index (χ4n) is 3.70. The van der Waals surface area contributed by atoms with E-state index < -0.39 is 5.91 Å². The first-order valence-electron chi connectivity index (χ1n) is 10.1. The van der Waals surface area contributed by atoms with Crippen molar-refractivity contribution in [2.45, 2.75) is 20.3 Å². The lowest BCUT2D eigenvalue weighted by Crippen LogP contribution is -2.56. The number of aryl methyl sites for hydroxylation is 2. The van der Waals surface area contributed by atoms with Crippen LogP contribution in [0, 0.1) is 13.8 Å². The number of piperazine rings is 1. The van der Waals surface area contributed by atoms with Crippen molar-refractivity contribution in [1.82, 2.24) is 24.8 Å². The molecule has 158 valence electrons. The molecule has 8 heteroatoms. The summed E-state index contributed by atoms with van der Waals surface area (Å²) in [7, 11) is 0. The normalized spacial score (nSPS) is 14.3. The number of aromatic nitrogens is 3. The molecule has 0 saturated carbocycles. The lowest BCUT2D eigenvalue weighted by molar-refractivity contribution is -0.150. The van der Waals surface area contributed by atoms with Crippen LogP contribution in [-0.4, -0.2) is 62.1 Å². The molecule has 0 atom stereocenters. The SMILES string of the molecule is Cc1cc(C)cc(-n2cc(C(=O)N3CC(=O)N(CCc4ccccc4)C(=O)C3)nn2)c1. The number of carbonyl (C=O) groups is 3. The summed E-state index contributed by atoms with van der Waals surface area (Å²) in [6.07, 6.45) is 2.10. The van der Waals surface area contributed by atoms with Gasteiger partial charge in [-0.25, -0.2) is 4.68 Å². The predicted octanol–water partition coefficient (Wildman–Crippen LogP) is 1.94. The van der Waals surface area contributed by atoms with Gasteiger partial charge in [0.1, 0.15) is 13.1 Å². The van der Waals surface area contributed by atoms with Gasteiger partial charge in [-0.1, -0.05) is 41.6 Å². The van der Waals surface area contributed by atoms with Gasteiger partial charge in [-0.15, -0.1) is 5.10 Å². The van der Waals surface area contributed by atoms with Gasteiger partial charge in [0, 0.05) is 6.54 Å². The van der Waals surface area contributed by atoms with Gasteiger partial charge in [0.2, 0.25) is 11.8 Å². The number of amides is 3. The minimum atomic E-state index is -0.486. The van der Waals surface area contributed by atoms with Crippen LogP contribution in [0.3, 0.4) is 0 Å². The number of hydrogen-bond acceptors (Lipinski definition) is 5. The van der Waals surface area contributed by atoms with Crippen LogP contribution >= 0.6 is 0 Å². The molecule has 8 nitrogen and oxygen atoms in total. The predicted molar refractivity (Wildman–Crippen MR) is 114 cm³/mol. The summed E-state index contributed by atoms with van der Waals surface area (Å²) < 4.78 is 1.52. The Morgan fingerprint density at radius 1 is 0.968 bits per heavy atom. The van der Waals surface area contributed by atoms with E-state index in [0.717, 1.165) is 22.4 Å². The van der Waals surface area contributed by atoms with E-state index in [4.69, 9.17) is 0 Å². The van der Waals surface area contributed by atoms with E-state index in [1.807, 2.05) is 62.4 Å². The van der Waals surface area contributed by atoms with Crippen molar-refractivity contribution in [2.75, 3.05) is 19.6 Å². The van der Waals surface area contributed by atoms with Crippen LogP contribution in [0.25, 0.3) is 5.69 Å². The summed E-state index contributed by atoms with van der Waals surface area (Å²) in [6, 6.07) is 15.6. The van der Waals surface area contributed by atoms with Gasteiger partial charge in [0.05, 0.1) is 11.9 Å². The molecule has 3 aromatic rings. The van der Waals surface area contributed by atoms with E-state index in [-0.39, 0.29) is 30.6 Å². The number of benzene rings is 2. The molecule has 1 fully saturated rings. The zero-order chi connectivity index (χ0) is 22.0. The van der Waals surface area contributed by atoms with Crippen LogP contribution in [-0.2, 0) is 16.0 Å². The van der Waals surface area contributed by atoms with Crippen molar-refractivity contribution in [3.63, 3.8) is 0 Å². The third-order valence-electron chi connectivity index (χ3n) is 5.19. The minimum Gasteiger partial charge on any atom is -0.319 e. The Morgan fingerprint density at radius 2 is 1.61 bits per heavy atom. The van der Waals surface area contributed by atoms with E-state index in [1.165, 1.54) is 20.7 Å². The number of rotatable bonds is 5. The molecular formula is C23H23N5O3. The van der Waals surface area contributed by atoms with Crippen molar-refractivity contribution in [1.29, 1.82) is 0 Å². The Morgan fingerprint density at radius 3 is 2.26 bits per heavy atom. The van der Waals surface area contributed by atoms with Crippen molar-refractivity contribution >= 4 is 17.7 Å². The molecule has 1 aromatic heterocycles. The minimum absolute atomic E-state index is 0.0949. The molecule has 0 unspecified atom stereocenters. The molecule has 3 amide bonds. The van der Waals surface area contributed by atoms with Gasteiger partial charge < -0.3 is 4.90 Å². The quantitative estimate of drug-likeness (QED) is 0.592. The highest BCUT2D eigenvalue weighted by Crippen LogP contribution is 2.15. The first kappa shape index (κ1) is 20.5. The lowest BCUT2D eigenvalue weighted by Gasteiger charge is -2.32. The Bertz CT molecular complexity index is 1100. The molecule has 2 aromatic carbocycles. The Balaban J connectivity index is 1.43. The molecule has 2 heterocycles. The second-order valence-corrected chi connectivity index (χ2v) is 7.73. The maximum Gasteiger partial charge on any atom is 0.276 e. The lowest BCUT2D eigenvalue weighted by atomic mass is 10.1. The molecule has 0 aliphatic carbocycles. The molecule has 1 aliphatic heterocycles. The molecule has 1 saturated heterocycles. The highest BCUT2D eigenvalue weighted by Gasteiger charge is 2.34. The highest BCUT2D eigenvalue weighted by atomic mass is 16.2. The largest absolute Gasteiger partial charge is 0.319 e. The second kappa shape index (κ2) is 8.51. The van der Waals surface area contributed by atoms with Crippen LogP contribution in [0.5, 0.6) is 0 Å². The van der Waals surface area contributed by atoms with E-state index >= 15 is 0 Å². The smallest absolute Gasteiger partial charge is 0.276 e. The summed E-state index contributed by atoms with van der Waals surface area (Å²) in [6.45, 7) is 3.94. The van der Waals surface area contributed by atoms with Crippen molar-refractivity contribution in [3.8, 4) is 5.69 Å². The molecule has 0 radical (unpaired) electrons. The van der Waals surface area contributed by atoms with E-state index in [1.54, 1.807) is 0 Å². The number of imide groups is 1. The van der Waals surface area contributed by atoms with Crippen LogP contribution in [0.2, 0.25) is 0 Å². The van der Waals surface area contributed by atoms with Gasteiger partial charge in [0.25, 0.3) is 5.91 Å². The number of nitrogens with zero attached hydrogens (tertiary/aromatic N) is 5. The fourth-order valence-corrected chi connectivity index (χ4v) is 3.70. The maximum absolute atomic E-state index is 12.8. The molecule has 0 bridgehead atoms. The molecule has 31 heavy (non-hydrogen) atoms. The summed E-state index contributed by atoms with van der Waals surface area (Å²) in [5.74, 6) is -1.26. The summed E-state index contributed by atoms with van der Waals surface area (Å²) in [5, 5.41) is 8.00. The average Bonchev–Trinajstić information content (AvgIpc) is 3.23. The Labute approximate surface area is 180 Å². The molecule has 1 aliphatic rings. The monoisotopic (exact) mass is 417 g/mol. The van der Waals surface area contributed by atoms with Crippen LogP contribution < -0.4 is 0 Å². The first-order chi connectivity index (χ1) is 14.9. The number of carbonyl (C=O) groups excluding carboxylic acids is 3. The van der Waals surface area contributed by atoms with E-state index in [9.17, 15) is 14.4 Å². The van der Waals surface area contributed by atoms with E-state index in [0.29, 0.717) is 13.0 Å². The molecular weight excluding hydrogens is 394 g/mol.